The maximum absolute atomic E-state index is 12.1. The molecule has 1 aromatic carbocycles. The first-order valence-corrected chi connectivity index (χ1v) is 7.81. The summed E-state index contributed by atoms with van der Waals surface area (Å²) in [5, 5.41) is 3.80. The Labute approximate surface area is 126 Å². The van der Waals surface area contributed by atoms with E-state index in [-0.39, 0.29) is 11.9 Å². The number of carbonyl (C=O) groups is 1. The van der Waals surface area contributed by atoms with Crippen LogP contribution in [0.1, 0.15) is 38.3 Å². The molecule has 4 heteroatoms. The van der Waals surface area contributed by atoms with E-state index in [1.165, 1.54) is 17.7 Å². The van der Waals surface area contributed by atoms with Crippen molar-refractivity contribution in [3.8, 4) is 0 Å². The Morgan fingerprint density at radius 1 is 1.45 bits per heavy atom. The molecule has 0 spiro atoms. The molecule has 2 rings (SSSR count). The molecule has 3 atom stereocenters. The molecule has 1 heterocycles. The number of likely N-dealkylation sites (tertiary alicyclic amines) is 1. The van der Waals surface area contributed by atoms with Gasteiger partial charge in [-0.3, -0.25) is 4.79 Å². The Bertz CT molecular complexity index is 446. The summed E-state index contributed by atoms with van der Waals surface area (Å²) >= 11 is 5.87. The van der Waals surface area contributed by atoms with Crippen molar-refractivity contribution in [2.45, 2.75) is 32.7 Å². The van der Waals surface area contributed by atoms with Crippen LogP contribution in [0.3, 0.4) is 0 Å². The second-order valence-electron chi connectivity index (χ2n) is 5.97. The molecule has 3 nitrogen and oxygen atoms in total. The minimum Gasteiger partial charge on any atom is -0.345 e. The van der Waals surface area contributed by atoms with Crippen LogP contribution in [0.25, 0.3) is 0 Å². The van der Waals surface area contributed by atoms with Gasteiger partial charge in [0.05, 0.1) is 19.1 Å². The lowest BCUT2D eigenvalue weighted by Gasteiger charge is -2.27. The molecule has 1 fully saturated rings. The largest absolute Gasteiger partial charge is 0.345 e. The number of quaternary nitrogens is 1. The van der Waals surface area contributed by atoms with Gasteiger partial charge < -0.3 is 10.2 Å². The molecular weight excluding hydrogens is 272 g/mol. The van der Waals surface area contributed by atoms with Crippen LogP contribution in [0.4, 0.5) is 0 Å². The smallest absolute Gasteiger partial charge is 0.275 e. The van der Waals surface area contributed by atoms with Gasteiger partial charge in [0.25, 0.3) is 5.91 Å². The third-order valence-electron chi connectivity index (χ3n) is 4.02. The standard InChI is InChI=1S/C16H23ClN2O/c1-12-4-3-9-19(10-12)11-16(20)18-13(2)14-5-7-15(17)8-6-14/h5-8,12-13H,3-4,9-11H2,1-2H3,(H,18,20)/p+1/t12-,13-/m0/s1. The lowest BCUT2D eigenvalue weighted by atomic mass is 10.0. The van der Waals surface area contributed by atoms with Gasteiger partial charge in [-0.1, -0.05) is 30.7 Å². The predicted molar refractivity (Wildman–Crippen MR) is 82.0 cm³/mol. The summed E-state index contributed by atoms with van der Waals surface area (Å²) in [5.41, 5.74) is 1.09. The van der Waals surface area contributed by atoms with E-state index in [4.69, 9.17) is 11.6 Å². The molecule has 1 unspecified atom stereocenters. The summed E-state index contributed by atoms with van der Waals surface area (Å²) in [5.74, 6) is 0.872. The topological polar surface area (TPSA) is 33.5 Å². The second-order valence-corrected chi connectivity index (χ2v) is 6.41. The van der Waals surface area contributed by atoms with E-state index in [9.17, 15) is 4.79 Å². The van der Waals surface area contributed by atoms with Crippen LogP contribution < -0.4 is 10.2 Å². The number of halogens is 1. The Balaban J connectivity index is 1.83. The number of amides is 1. The first kappa shape index (κ1) is 15.3. The molecule has 1 saturated heterocycles. The summed E-state index contributed by atoms with van der Waals surface area (Å²) in [6, 6.07) is 7.67. The number of nitrogens with one attached hydrogen (secondary N) is 2. The van der Waals surface area contributed by atoms with Crippen molar-refractivity contribution in [2.24, 2.45) is 5.92 Å². The Kier molecular flexibility index (Phi) is 5.44. The first-order chi connectivity index (χ1) is 9.54. The molecule has 110 valence electrons. The van der Waals surface area contributed by atoms with E-state index in [1.807, 2.05) is 31.2 Å². The molecule has 1 aromatic rings. The molecule has 1 aliphatic rings. The highest BCUT2D eigenvalue weighted by atomic mass is 35.5. The average Bonchev–Trinajstić information content (AvgIpc) is 2.39. The maximum Gasteiger partial charge on any atom is 0.275 e. The lowest BCUT2D eigenvalue weighted by molar-refractivity contribution is -0.900. The molecule has 0 bridgehead atoms. The van der Waals surface area contributed by atoms with Crippen molar-refractivity contribution < 1.29 is 9.69 Å². The monoisotopic (exact) mass is 295 g/mol. The number of hydrogen-bond donors (Lipinski definition) is 2. The van der Waals surface area contributed by atoms with E-state index in [1.54, 1.807) is 0 Å². The zero-order chi connectivity index (χ0) is 14.5. The highest BCUT2D eigenvalue weighted by Gasteiger charge is 2.22. The number of carbonyl (C=O) groups excluding carboxylic acids is 1. The second kappa shape index (κ2) is 7.09. The number of hydrogen-bond acceptors (Lipinski definition) is 1. The van der Waals surface area contributed by atoms with Crippen LogP contribution in [-0.2, 0) is 4.79 Å². The molecular formula is C16H24ClN2O+. The number of rotatable bonds is 4. The first-order valence-electron chi connectivity index (χ1n) is 7.43. The van der Waals surface area contributed by atoms with Crippen molar-refractivity contribution in [1.29, 1.82) is 0 Å². The van der Waals surface area contributed by atoms with Crippen molar-refractivity contribution in [1.82, 2.24) is 5.32 Å². The van der Waals surface area contributed by atoms with Crippen LogP contribution in [0.2, 0.25) is 5.02 Å². The van der Waals surface area contributed by atoms with Gasteiger partial charge >= 0.3 is 0 Å². The highest BCUT2D eigenvalue weighted by Crippen LogP contribution is 2.15. The molecule has 0 aromatic heterocycles. The molecule has 0 radical (unpaired) electrons. The maximum atomic E-state index is 12.1. The van der Waals surface area contributed by atoms with E-state index < -0.39 is 0 Å². The quantitative estimate of drug-likeness (QED) is 0.873. The summed E-state index contributed by atoms with van der Waals surface area (Å²) in [6.45, 7) is 7.10. The van der Waals surface area contributed by atoms with Crippen LogP contribution in [0.5, 0.6) is 0 Å². The summed E-state index contributed by atoms with van der Waals surface area (Å²) in [6.07, 6.45) is 2.53. The Hall–Kier alpha value is -1.06. The zero-order valence-corrected chi connectivity index (χ0v) is 13.0. The SMILES string of the molecule is C[C@H]1CCC[NH+](CC(=O)N[C@@H](C)c2ccc(Cl)cc2)C1. The number of piperidine rings is 1. The molecule has 0 saturated carbocycles. The fraction of sp³-hybridized carbons (Fsp3) is 0.562. The van der Waals surface area contributed by atoms with Gasteiger partial charge in [-0.15, -0.1) is 0 Å². The van der Waals surface area contributed by atoms with Crippen molar-refractivity contribution in [3.63, 3.8) is 0 Å². The van der Waals surface area contributed by atoms with Gasteiger partial charge in [0.2, 0.25) is 0 Å². The van der Waals surface area contributed by atoms with E-state index in [0.717, 1.165) is 29.6 Å². The molecule has 2 N–H and O–H groups in total. The summed E-state index contributed by atoms with van der Waals surface area (Å²) in [7, 11) is 0. The average molecular weight is 296 g/mol. The molecule has 20 heavy (non-hydrogen) atoms. The molecule has 1 amide bonds. The van der Waals surface area contributed by atoms with E-state index in [0.29, 0.717) is 6.54 Å². The van der Waals surface area contributed by atoms with Crippen molar-refractivity contribution in [3.05, 3.63) is 34.9 Å². The van der Waals surface area contributed by atoms with Crippen LogP contribution in [0, 0.1) is 5.92 Å². The van der Waals surface area contributed by atoms with Crippen LogP contribution >= 0.6 is 11.6 Å². The van der Waals surface area contributed by atoms with Crippen LogP contribution in [0.15, 0.2) is 24.3 Å². The third-order valence-corrected chi connectivity index (χ3v) is 4.27. The van der Waals surface area contributed by atoms with Gasteiger partial charge in [0.15, 0.2) is 6.54 Å². The third kappa shape index (κ3) is 4.50. The van der Waals surface area contributed by atoms with E-state index >= 15 is 0 Å². The minimum absolute atomic E-state index is 0.0291. The van der Waals surface area contributed by atoms with Gasteiger partial charge in [-0.2, -0.15) is 0 Å². The van der Waals surface area contributed by atoms with E-state index in [2.05, 4.69) is 12.2 Å². The molecule has 1 aliphatic heterocycles. The minimum atomic E-state index is 0.0291. The van der Waals surface area contributed by atoms with Gasteiger partial charge in [0, 0.05) is 10.9 Å². The van der Waals surface area contributed by atoms with Gasteiger partial charge in [0.1, 0.15) is 0 Å². The lowest BCUT2D eigenvalue weighted by Crippen LogP contribution is -3.14. The van der Waals surface area contributed by atoms with Crippen LogP contribution in [-0.4, -0.2) is 25.5 Å². The van der Waals surface area contributed by atoms with Crippen molar-refractivity contribution in [2.75, 3.05) is 19.6 Å². The fourth-order valence-electron chi connectivity index (χ4n) is 2.91. The van der Waals surface area contributed by atoms with Gasteiger partial charge in [-0.05, 0) is 37.5 Å². The normalized spacial score (nSPS) is 24.1. The highest BCUT2D eigenvalue weighted by molar-refractivity contribution is 6.30. The molecule has 0 aliphatic carbocycles. The van der Waals surface area contributed by atoms with Gasteiger partial charge in [-0.25, -0.2) is 0 Å². The number of benzene rings is 1. The Morgan fingerprint density at radius 2 is 2.15 bits per heavy atom. The fourth-order valence-corrected chi connectivity index (χ4v) is 3.04. The summed E-state index contributed by atoms with van der Waals surface area (Å²) in [4.78, 5) is 13.5. The zero-order valence-electron chi connectivity index (χ0n) is 12.3. The Morgan fingerprint density at radius 3 is 2.80 bits per heavy atom. The van der Waals surface area contributed by atoms with Crippen molar-refractivity contribution >= 4 is 17.5 Å². The summed E-state index contributed by atoms with van der Waals surface area (Å²) < 4.78 is 0. The predicted octanol–water partition coefficient (Wildman–Crippen LogP) is 1.83.